The first-order valence-electron chi connectivity index (χ1n) is 6.05. The Labute approximate surface area is 97.3 Å². The van der Waals surface area contributed by atoms with E-state index in [4.69, 9.17) is 10.5 Å². The van der Waals surface area contributed by atoms with Crippen LogP contribution in [0.15, 0.2) is 0 Å². The molecule has 1 amide bonds. The maximum absolute atomic E-state index is 11.5. The number of carbonyl (C=O) groups is 1. The summed E-state index contributed by atoms with van der Waals surface area (Å²) in [7, 11) is 0. The molecule has 0 aromatic carbocycles. The summed E-state index contributed by atoms with van der Waals surface area (Å²) in [4.78, 5) is 13.8. The summed E-state index contributed by atoms with van der Waals surface area (Å²) < 4.78 is 5.09. The predicted octanol–water partition coefficient (Wildman–Crippen LogP) is -0.438. The highest BCUT2D eigenvalue weighted by Gasteiger charge is 2.19. The van der Waals surface area contributed by atoms with Crippen LogP contribution in [0.2, 0.25) is 0 Å². The Bertz CT molecular complexity index is 211. The van der Waals surface area contributed by atoms with Gasteiger partial charge in [-0.2, -0.15) is 0 Å². The third-order valence-corrected chi connectivity index (χ3v) is 2.81. The molecule has 5 nitrogen and oxygen atoms in total. The van der Waals surface area contributed by atoms with Crippen molar-refractivity contribution in [3.63, 3.8) is 0 Å². The summed E-state index contributed by atoms with van der Waals surface area (Å²) in [5, 5.41) is 3.00. The molecule has 3 N–H and O–H groups in total. The van der Waals surface area contributed by atoms with Crippen LogP contribution in [0.3, 0.4) is 0 Å². The molecule has 1 unspecified atom stereocenters. The van der Waals surface area contributed by atoms with E-state index in [9.17, 15) is 4.79 Å². The second kappa shape index (κ2) is 7.60. The van der Waals surface area contributed by atoms with E-state index in [1.165, 1.54) is 0 Å². The highest BCUT2D eigenvalue weighted by Crippen LogP contribution is 2.09. The van der Waals surface area contributed by atoms with Gasteiger partial charge in [-0.25, -0.2) is 0 Å². The fraction of sp³-hybridized carbons (Fsp3) is 0.909. The van der Waals surface area contributed by atoms with Gasteiger partial charge in [0.2, 0.25) is 5.91 Å². The SMILES string of the molecule is CCN1CCCC(NC(=O)COCCN)C1. The number of nitrogens with zero attached hydrogens (tertiary/aromatic N) is 1. The zero-order chi connectivity index (χ0) is 11.8. The van der Waals surface area contributed by atoms with Crippen LogP contribution in [0.5, 0.6) is 0 Å². The normalized spacial score (nSPS) is 22.0. The standard InChI is InChI=1S/C11H23N3O2/c1-2-14-6-3-4-10(8-14)13-11(15)9-16-7-5-12/h10H,2-9,12H2,1H3,(H,13,15). The lowest BCUT2D eigenvalue weighted by Gasteiger charge is -2.32. The Hall–Kier alpha value is -0.650. The molecule has 0 aliphatic carbocycles. The molecule has 1 aliphatic rings. The highest BCUT2D eigenvalue weighted by atomic mass is 16.5. The quantitative estimate of drug-likeness (QED) is 0.606. The van der Waals surface area contributed by atoms with Crippen LogP contribution in [0, 0.1) is 0 Å². The van der Waals surface area contributed by atoms with Crippen molar-refractivity contribution < 1.29 is 9.53 Å². The molecule has 5 heteroatoms. The number of likely N-dealkylation sites (N-methyl/N-ethyl adjacent to an activating group) is 1. The van der Waals surface area contributed by atoms with Crippen molar-refractivity contribution in [3.05, 3.63) is 0 Å². The van der Waals surface area contributed by atoms with Gasteiger partial charge in [0.1, 0.15) is 6.61 Å². The molecule has 0 saturated carbocycles. The van der Waals surface area contributed by atoms with Gasteiger partial charge in [-0.1, -0.05) is 6.92 Å². The van der Waals surface area contributed by atoms with E-state index in [1.807, 2.05) is 0 Å². The van der Waals surface area contributed by atoms with Crippen LogP contribution in [0.25, 0.3) is 0 Å². The van der Waals surface area contributed by atoms with Crippen LogP contribution in [0.1, 0.15) is 19.8 Å². The molecule has 0 aromatic heterocycles. The molecule has 16 heavy (non-hydrogen) atoms. The van der Waals surface area contributed by atoms with Gasteiger partial charge in [-0.05, 0) is 25.9 Å². The van der Waals surface area contributed by atoms with Gasteiger partial charge in [0.05, 0.1) is 6.61 Å². The van der Waals surface area contributed by atoms with Crippen molar-refractivity contribution in [1.82, 2.24) is 10.2 Å². The first-order chi connectivity index (χ1) is 7.76. The summed E-state index contributed by atoms with van der Waals surface area (Å²) in [6.45, 7) is 6.33. The lowest BCUT2D eigenvalue weighted by atomic mass is 10.1. The number of hydrogen-bond donors (Lipinski definition) is 2. The van der Waals surface area contributed by atoms with E-state index in [-0.39, 0.29) is 18.6 Å². The molecule has 1 rings (SSSR count). The van der Waals surface area contributed by atoms with Crippen molar-refractivity contribution in [2.75, 3.05) is 39.4 Å². The largest absolute Gasteiger partial charge is 0.370 e. The van der Waals surface area contributed by atoms with Crippen LogP contribution < -0.4 is 11.1 Å². The highest BCUT2D eigenvalue weighted by molar-refractivity contribution is 5.77. The molecular formula is C11H23N3O2. The van der Waals surface area contributed by atoms with Gasteiger partial charge in [0.15, 0.2) is 0 Å². The fourth-order valence-electron chi connectivity index (χ4n) is 1.98. The van der Waals surface area contributed by atoms with Crippen LogP contribution >= 0.6 is 0 Å². The Kier molecular flexibility index (Phi) is 6.37. The minimum atomic E-state index is -0.0311. The second-order valence-electron chi connectivity index (χ2n) is 4.14. The third kappa shape index (κ3) is 4.92. The first-order valence-corrected chi connectivity index (χ1v) is 6.05. The average molecular weight is 229 g/mol. The Morgan fingerprint density at radius 2 is 2.44 bits per heavy atom. The molecule has 1 atom stereocenters. The molecule has 1 fully saturated rings. The molecule has 94 valence electrons. The monoisotopic (exact) mass is 229 g/mol. The first kappa shape index (κ1) is 13.4. The molecule has 0 radical (unpaired) electrons. The van der Waals surface area contributed by atoms with Crippen molar-refractivity contribution >= 4 is 5.91 Å². The van der Waals surface area contributed by atoms with Gasteiger partial charge >= 0.3 is 0 Å². The van der Waals surface area contributed by atoms with E-state index in [0.717, 1.165) is 32.5 Å². The number of nitrogens with two attached hydrogens (primary N) is 1. The van der Waals surface area contributed by atoms with Crippen molar-refractivity contribution in [3.8, 4) is 0 Å². The molecule has 1 aliphatic heterocycles. The van der Waals surface area contributed by atoms with Crippen LogP contribution in [0.4, 0.5) is 0 Å². The van der Waals surface area contributed by atoms with Crippen molar-refractivity contribution in [1.29, 1.82) is 0 Å². The molecule has 0 spiro atoms. The number of rotatable bonds is 6. The summed E-state index contributed by atoms with van der Waals surface area (Å²) in [6.07, 6.45) is 2.22. The van der Waals surface area contributed by atoms with Crippen molar-refractivity contribution in [2.24, 2.45) is 5.73 Å². The minimum Gasteiger partial charge on any atom is -0.370 e. The summed E-state index contributed by atoms with van der Waals surface area (Å²) in [5.41, 5.74) is 5.27. The maximum Gasteiger partial charge on any atom is 0.246 e. The number of ether oxygens (including phenoxy) is 1. The van der Waals surface area contributed by atoms with Crippen LogP contribution in [-0.2, 0) is 9.53 Å². The molecular weight excluding hydrogens is 206 g/mol. The van der Waals surface area contributed by atoms with Crippen LogP contribution in [-0.4, -0.2) is 56.2 Å². The van der Waals surface area contributed by atoms with Gasteiger partial charge < -0.3 is 20.7 Å². The topological polar surface area (TPSA) is 67.6 Å². The number of piperidine rings is 1. The number of hydrogen-bond acceptors (Lipinski definition) is 4. The van der Waals surface area contributed by atoms with Gasteiger partial charge in [0, 0.05) is 19.1 Å². The predicted molar refractivity (Wildman–Crippen MR) is 63.2 cm³/mol. The molecule has 0 bridgehead atoms. The Morgan fingerprint density at radius 3 is 3.12 bits per heavy atom. The molecule has 0 aromatic rings. The maximum atomic E-state index is 11.5. The van der Waals surface area contributed by atoms with E-state index in [1.54, 1.807) is 0 Å². The lowest BCUT2D eigenvalue weighted by molar-refractivity contribution is -0.126. The average Bonchev–Trinajstić information content (AvgIpc) is 2.29. The summed E-state index contributed by atoms with van der Waals surface area (Å²) >= 11 is 0. The van der Waals surface area contributed by atoms with E-state index >= 15 is 0 Å². The number of likely N-dealkylation sites (tertiary alicyclic amines) is 1. The second-order valence-corrected chi connectivity index (χ2v) is 4.14. The summed E-state index contributed by atoms with van der Waals surface area (Å²) in [6, 6.07) is 0.280. The zero-order valence-corrected chi connectivity index (χ0v) is 10.1. The Morgan fingerprint density at radius 1 is 1.62 bits per heavy atom. The molecule has 1 saturated heterocycles. The zero-order valence-electron chi connectivity index (χ0n) is 10.1. The Balaban J connectivity index is 2.17. The summed E-state index contributed by atoms with van der Waals surface area (Å²) in [5.74, 6) is -0.0311. The van der Waals surface area contributed by atoms with Gasteiger partial charge in [-0.15, -0.1) is 0 Å². The number of nitrogens with one attached hydrogen (secondary N) is 1. The van der Waals surface area contributed by atoms with E-state index < -0.39 is 0 Å². The van der Waals surface area contributed by atoms with Gasteiger partial charge in [-0.3, -0.25) is 4.79 Å². The number of carbonyl (C=O) groups excluding carboxylic acids is 1. The fourth-order valence-corrected chi connectivity index (χ4v) is 1.98. The van der Waals surface area contributed by atoms with E-state index in [0.29, 0.717) is 13.2 Å². The third-order valence-electron chi connectivity index (χ3n) is 2.81. The van der Waals surface area contributed by atoms with Gasteiger partial charge in [0.25, 0.3) is 0 Å². The van der Waals surface area contributed by atoms with E-state index in [2.05, 4.69) is 17.1 Å². The number of amides is 1. The minimum absolute atomic E-state index is 0.0311. The lowest BCUT2D eigenvalue weighted by Crippen LogP contribution is -2.48. The van der Waals surface area contributed by atoms with Crippen molar-refractivity contribution in [2.45, 2.75) is 25.8 Å². The smallest absolute Gasteiger partial charge is 0.246 e. The molecule has 1 heterocycles.